The Kier molecular flexibility index (Phi) is 4.64. The Morgan fingerprint density at radius 2 is 2.05 bits per heavy atom. The second-order valence-electron chi connectivity index (χ2n) is 5.58. The van der Waals surface area contributed by atoms with Gasteiger partial charge in [0.2, 0.25) is 17.8 Å². The van der Waals surface area contributed by atoms with Crippen LogP contribution in [0.25, 0.3) is 0 Å². The van der Waals surface area contributed by atoms with Gasteiger partial charge in [-0.15, -0.1) is 0 Å². The smallest absolute Gasteiger partial charge is 0.243 e. The highest BCUT2D eigenvalue weighted by Crippen LogP contribution is 2.26. The molecule has 1 unspecified atom stereocenters. The van der Waals surface area contributed by atoms with Crippen molar-refractivity contribution in [2.24, 2.45) is 5.84 Å². The van der Waals surface area contributed by atoms with E-state index < -0.39 is 0 Å². The highest BCUT2D eigenvalue weighted by molar-refractivity contribution is 7.99. The van der Waals surface area contributed by atoms with Crippen molar-refractivity contribution < 1.29 is 0 Å². The Morgan fingerprint density at radius 1 is 1.24 bits per heavy atom. The lowest BCUT2D eigenvalue weighted by atomic mass is 10.1. The van der Waals surface area contributed by atoms with Crippen LogP contribution in [0.4, 0.5) is 17.8 Å². The molecular formula is C13H23N7S. The second kappa shape index (κ2) is 6.65. The number of hydrogen-bond acceptors (Lipinski definition) is 8. The van der Waals surface area contributed by atoms with Crippen LogP contribution >= 0.6 is 11.8 Å². The lowest BCUT2D eigenvalue weighted by Crippen LogP contribution is -2.35. The number of piperidine rings is 1. The molecule has 1 aromatic heterocycles. The third-order valence-corrected chi connectivity index (χ3v) is 5.29. The summed E-state index contributed by atoms with van der Waals surface area (Å²) in [6.45, 7) is 2.02. The van der Waals surface area contributed by atoms with Crippen LogP contribution in [0.3, 0.4) is 0 Å². The van der Waals surface area contributed by atoms with Gasteiger partial charge in [-0.05, 0) is 31.4 Å². The Labute approximate surface area is 129 Å². The lowest BCUT2D eigenvalue weighted by molar-refractivity contribution is 0.566. The van der Waals surface area contributed by atoms with E-state index in [1.807, 2.05) is 11.8 Å². The van der Waals surface area contributed by atoms with Crippen LogP contribution in [0.2, 0.25) is 0 Å². The number of nitrogen functional groups attached to an aromatic ring is 1. The van der Waals surface area contributed by atoms with Crippen molar-refractivity contribution in [3.63, 3.8) is 0 Å². The number of aromatic nitrogens is 3. The van der Waals surface area contributed by atoms with E-state index in [1.54, 1.807) is 0 Å². The number of nitrogens with one attached hydrogen (secondary N) is 1. The second-order valence-corrected chi connectivity index (χ2v) is 6.73. The highest BCUT2D eigenvalue weighted by Gasteiger charge is 2.24. The monoisotopic (exact) mass is 309 g/mol. The predicted molar refractivity (Wildman–Crippen MR) is 87.8 cm³/mol. The molecule has 1 aromatic rings. The summed E-state index contributed by atoms with van der Waals surface area (Å²) in [5, 5.41) is 0. The summed E-state index contributed by atoms with van der Waals surface area (Å²) in [5.74, 6) is 9.77. The molecule has 0 aromatic carbocycles. The van der Waals surface area contributed by atoms with E-state index in [0.717, 1.165) is 24.8 Å². The van der Waals surface area contributed by atoms with E-state index in [1.165, 1.54) is 31.4 Å². The van der Waals surface area contributed by atoms with Gasteiger partial charge in [-0.25, -0.2) is 5.84 Å². The Hall–Kier alpha value is -1.28. The molecule has 0 aliphatic carbocycles. The van der Waals surface area contributed by atoms with Crippen molar-refractivity contribution in [1.82, 2.24) is 15.0 Å². The maximum atomic E-state index is 5.53. The maximum absolute atomic E-state index is 5.53. The lowest BCUT2D eigenvalue weighted by Gasteiger charge is -2.29. The molecule has 1 atom stereocenters. The molecule has 0 amide bonds. The fraction of sp³-hybridized carbons (Fsp3) is 0.769. The summed E-state index contributed by atoms with van der Waals surface area (Å²) in [7, 11) is 2.06. The zero-order valence-corrected chi connectivity index (χ0v) is 13.3. The van der Waals surface area contributed by atoms with Gasteiger partial charge in [0.05, 0.1) is 0 Å². The molecule has 3 heterocycles. The molecule has 3 rings (SSSR count). The van der Waals surface area contributed by atoms with Crippen molar-refractivity contribution in [3.05, 3.63) is 0 Å². The minimum absolute atomic E-state index is 0.443. The van der Waals surface area contributed by atoms with Gasteiger partial charge in [0.25, 0.3) is 0 Å². The van der Waals surface area contributed by atoms with Gasteiger partial charge in [-0.1, -0.05) is 0 Å². The summed E-state index contributed by atoms with van der Waals surface area (Å²) in [4.78, 5) is 17.9. The van der Waals surface area contributed by atoms with Gasteiger partial charge >= 0.3 is 0 Å². The Morgan fingerprint density at radius 3 is 2.71 bits per heavy atom. The normalized spacial score (nSPS) is 22.4. The first kappa shape index (κ1) is 14.6. The van der Waals surface area contributed by atoms with Crippen molar-refractivity contribution in [2.75, 3.05) is 46.9 Å². The predicted octanol–water partition coefficient (Wildman–Crippen LogP) is 1.09. The van der Waals surface area contributed by atoms with E-state index in [9.17, 15) is 0 Å². The standard InChI is InChI=1S/C13H23N7S/c1-19(10-5-8-21-9-10)12-15-11(18-14)16-13(17-12)20-6-3-2-4-7-20/h10H,2-9,14H2,1H3,(H,15,16,17,18). The van der Waals surface area contributed by atoms with Crippen LogP contribution < -0.4 is 21.1 Å². The molecule has 3 N–H and O–H groups in total. The Balaban J connectivity index is 1.84. The van der Waals surface area contributed by atoms with Crippen LogP contribution in [0.15, 0.2) is 0 Å². The molecular weight excluding hydrogens is 286 g/mol. The Bertz CT molecular complexity index is 472. The maximum Gasteiger partial charge on any atom is 0.243 e. The van der Waals surface area contributed by atoms with E-state index in [4.69, 9.17) is 5.84 Å². The number of anilines is 3. The van der Waals surface area contributed by atoms with E-state index in [2.05, 4.69) is 37.2 Å². The number of hydrazine groups is 1. The van der Waals surface area contributed by atoms with Gasteiger partial charge in [0.15, 0.2) is 0 Å². The summed E-state index contributed by atoms with van der Waals surface area (Å²) in [6, 6.07) is 0.497. The van der Waals surface area contributed by atoms with Crippen LogP contribution in [0.5, 0.6) is 0 Å². The zero-order valence-electron chi connectivity index (χ0n) is 12.5. The third kappa shape index (κ3) is 3.32. The fourth-order valence-corrected chi connectivity index (χ4v) is 4.07. The van der Waals surface area contributed by atoms with Crippen molar-refractivity contribution in [3.8, 4) is 0 Å². The van der Waals surface area contributed by atoms with Crippen LogP contribution in [0, 0.1) is 0 Å². The molecule has 7 nitrogen and oxygen atoms in total. The summed E-state index contributed by atoms with van der Waals surface area (Å²) >= 11 is 1.98. The van der Waals surface area contributed by atoms with Gasteiger partial charge in [0, 0.05) is 31.9 Å². The molecule has 2 aliphatic rings. The van der Waals surface area contributed by atoms with Gasteiger partial charge in [0.1, 0.15) is 0 Å². The minimum atomic E-state index is 0.443. The van der Waals surface area contributed by atoms with Crippen LogP contribution in [-0.4, -0.2) is 52.6 Å². The minimum Gasteiger partial charge on any atom is -0.341 e. The van der Waals surface area contributed by atoms with Gasteiger partial charge < -0.3 is 9.80 Å². The molecule has 0 spiro atoms. The van der Waals surface area contributed by atoms with E-state index in [0.29, 0.717) is 17.9 Å². The molecule has 2 saturated heterocycles. The number of nitrogens with zero attached hydrogens (tertiary/aromatic N) is 5. The quantitative estimate of drug-likeness (QED) is 0.632. The average molecular weight is 309 g/mol. The van der Waals surface area contributed by atoms with Crippen molar-refractivity contribution >= 4 is 29.6 Å². The largest absolute Gasteiger partial charge is 0.341 e. The summed E-state index contributed by atoms with van der Waals surface area (Å²) in [6.07, 6.45) is 4.86. The molecule has 116 valence electrons. The molecule has 2 fully saturated rings. The SMILES string of the molecule is CN(c1nc(NN)nc(N2CCCCC2)n1)C1CCSC1. The summed E-state index contributed by atoms with van der Waals surface area (Å²) < 4.78 is 0. The van der Waals surface area contributed by atoms with Gasteiger partial charge in [-0.2, -0.15) is 26.7 Å². The molecule has 0 saturated carbocycles. The topological polar surface area (TPSA) is 83.2 Å². The number of thioether (sulfide) groups is 1. The molecule has 2 aliphatic heterocycles. The summed E-state index contributed by atoms with van der Waals surface area (Å²) in [5.41, 5.74) is 2.57. The first-order chi connectivity index (χ1) is 10.3. The van der Waals surface area contributed by atoms with Crippen molar-refractivity contribution in [1.29, 1.82) is 0 Å². The molecule has 8 heteroatoms. The number of nitrogens with two attached hydrogens (primary N) is 1. The first-order valence-electron chi connectivity index (χ1n) is 7.56. The first-order valence-corrected chi connectivity index (χ1v) is 8.71. The van der Waals surface area contributed by atoms with Crippen molar-refractivity contribution in [2.45, 2.75) is 31.7 Å². The highest BCUT2D eigenvalue weighted by atomic mass is 32.2. The van der Waals surface area contributed by atoms with Crippen LogP contribution in [-0.2, 0) is 0 Å². The molecule has 21 heavy (non-hydrogen) atoms. The van der Waals surface area contributed by atoms with E-state index in [-0.39, 0.29) is 0 Å². The number of hydrogen-bond donors (Lipinski definition) is 2. The average Bonchev–Trinajstić information content (AvgIpc) is 3.09. The van der Waals surface area contributed by atoms with E-state index >= 15 is 0 Å². The molecule has 0 bridgehead atoms. The zero-order chi connectivity index (χ0) is 14.7. The third-order valence-electron chi connectivity index (χ3n) is 4.15. The fourth-order valence-electron chi connectivity index (χ4n) is 2.80. The van der Waals surface area contributed by atoms with Gasteiger partial charge in [-0.3, -0.25) is 5.43 Å². The van der Waals surface area contributed by atoms with Crippen LogP contribution in [0.1, 0.15) is 25.7 Å². The molecule has 0 radical (unpaired) electrons. The number of rotatable bonds is 4.